The second-order valence-corrected chi connectivity index (χ2v) is 5.88. The van der Waals surface area contributed by atoms with Crippen molar-refractivity contribution in [2.45, 2.75) is 25.3 Å². The molecular weight excluding hydrogens is 286 g/mol. The number of nitrogens with zero attached hydrogens (tertiary/aromatic N) is 4. The fourth-order valence-corrected chi connectivity index (χ4v) is 3.08. The van der Waals surface area contributed by atoms with Crippen LogP contribution in [0.15, 0.2) is 24.3 Å². The molecule has 2 heterocycles. The lowest BCUT2D eigenvalue weighted by Gasteiger charge is -2.27. The van der Waals surface area contributed by atoms with E-state index in [9.17, 15) is 8.78 Å². The molecule has 0 N–H and O–H groups in total. The van der Waals surface area contributed by atoms with Gasteiger partial charge in [0.05, 0.1) is 5.52 Å². The Labute approximate surface area is 128 Å². The molecule has 1 aliphatic rings. The molecule has 0 saturated carbocycles. The highest BCUT2D eigenvalue weighted by molar-refractivity contribution is 5.89. The number of rotatable bonds is 4. The van der Waals surface area contributed by atoms with E-state index in [4.69, 9.17) is 0 Å². The van der Waals surface area contributed by atoms with Crippen molar-refractivity contribution in [3.63, 3.8) is 0 Å². The summed E-state index contributed by atoms with van der Waals surface area (Å²) in [5.41, 5.74) is 0.564. The molecule has 1 aromatic heterocycles. The van der Waals surface area contributed by atoms with Crippen LogP contribution in [0.25, 0.3) is 10.9 Å². The number of benzene rings is 1. The number of fused-ring (bicyclic) bond motifs is 1. The highest BCUT2D eigenvalue weighted by Crippen LogP contribution is 2.27. The van der Waals surface area contributed by atoms with E-state index in [0.717, 1.165) is 24.9 Å². The van der Waals surface area contributed by atoms with Crippen molar-refractivity contribution in [2.24, 2.45) is 0 Å². The van der Waals surface area contributed by atoms with Crippen LogP contribution >= 0.6 is 0 Å². The van der Waals surface area contributed by atoms with Gasteiger partial charge in [0, 0.05) is 25.0 Å². The van der Waals surface area contributed by atoms with Crippen LogP contribution in [0.5, 0.6) is 0 Å². The summed E-state index contributed by atoms with van der Waals surface area (Å²) in [7, 11) is 4.02. The summed E-state index contributed by atoms with van der Waals surface area (Å²) in [6.45, 7) is 1.87. The van der Waals surface area contributed by atoms with Gasteiger partial charge in [-0.2, -0.15) is 0 Å². The van der Waals surface area contributed by atoms with Crippen molar-refractivity contribution >= 4 is 16.7 Å². The molecule has 0 radical (unpaired) electrons. The first-order valence-corrected chi connectivity index (χ1v) is 7.52. The van der Waals surface area contributed by atoms with Crippen LogP contribution < -0.4 is 4.90 Å². The van der Waals surface area contributed by atoms with Gasteiger partial charge in [-0.1, -0.05) is 12.1 Å². The number of alkyl halides is 2. The molecule has 3 rings (SSSR count). The number of para-hydroxylation sites is 1. The van der Waals surface area contributed by atoms with E-state index in [1.54, 1.807) is 12.1 Å². The van der Waals surface area contributed by atoms with E-state index in [0.29, 0.717) is 17.4 Å². The quantitative estimate of drug-likeness (QED) is 0.869. The number of aromatic nitrogens is 2. The number of hydrogen-bond acceptors (Lipinski definition) is 4. The first-order valence-electron chi connectivity index (χ1n) is 7.52. The maximum Gasteiger partial charge on any atom is 0.297 e. The highest BCUT2D eigenvalue weighted by Gasteiger charge is 2.24. The Bertz CT molecular complexity index is 662. The Morgan fingerprint density at radius 3 is 2.77 bits per heavy atom. The molecule has 0 bridgehead atoms. The standard InChI is InChI=1S/C16H20F2N4/c1-21-9-5-6-11(21)10-22(2)16-12-7-3-4-8-13(12)19-15(20-16)14(17)18/h3-4,7-8,11,14H,5-6,9-10H2,1-2H3. The minimum Gasteiger partial charge on any atom is -0.357 e. The summed E-state index contributed by atoms with van der Waals surface area (Å²) in [6.07, 6.45) is -0.348. The van der Waals surface area contributed by atoms with Gasteiger partial charge < -0.3 is 9.80 Å². The number of likely N-dealkylation sites (N-methyl/N-ethyl adjacent to an activating group) is 2. The molecular formula is C16H20F2N4. The average molecular weight is 306 g/mol. The molecule has 118 valence electrons. The summed E-state index contributed by atoms with van der Waals surface area (Å²) in [4.78, 5) is 12.4. The predicted octanol–water partition coefficient (Wildman–Crippen LogP) is 3.10. The van der Waals surface area contributed by atoms with E-state index in [1.165, 1.54) is 6.42 Å². The van der Waals surface area contributed by atoms with Gasteiger partial charge >= 0.3 is 0 Å². The summed E-state index contributed by atoms with van der Waals surface area (Å²) >= 11 is 0. The molecule has 1 fully saturated rings. The molecule has 4 nitrogen and oxygen atoms in total. The number of anilines is 1. The number of halogens is 2. The topological polar surface area (TPSA) is 32.3 Å². The minimum atomic E-state index is -2.66. The van der Waals surface area contributed by atoms with Gasteiger partial charge in [0.15, 0.2) is 5.82 Å². The van der Waals surface area contributed by atoms with Crippen LogP contribution in [0.3, 0.4) is 0 Å². The van der Waals surface area contributed by atoms with E-state index in [2.05, 4.69) is 21.9 Å². The maximum atomic E-state index is 13.1. The van der Waals surface area contributed by atoms with E-state index < -0.39 is 12.2 Å². The third kappa shape index (κ3) is 2.88. The second kappa shape index (κ2) is 6.12. The Morgan fingerprint density at radius 2 is 2.09 bits per heavy atom. The number of hydrogen-bond donors (Lipinski definition) is 0. The van der Waals surface area contributed by atoms with Crippen LogP contribution in [-0.4, -0.2) is 48.1 Å². The highest BCUT2D eigenvalue weighted by atomic mass is 19.3. The molecule has 1 saturated heterocycles. The lowest BCUT2D eigenvalue weighted by atomic mass is 10.2. The molecule has 6 heteroatoms. The van der Waals surface area contributed by atoms with Crippen LogP contribution in [0.1, 0.15) is 25.1 Å². The summed E-state index contributed by atoms with van der Waals surface area (Å²) in [6, 6.07) is 7.76. The normalized spacial score (nSPS) is 19.2. The second-order valence-electron chi connectivity index (χ2n) is 5.88. The zero-order valence-electron chi connectivity index (χ0n) is 12.8. The third-order valence-corrected chi connectivity index (χ3v) is 4.31. The average Bonchev–Trinajstić information content (AvgIpc) is 2.91. The van der Waals surface area contributed by atoms with Crippen LogP contribution in [0, 0.1) is 0 Å². The zero-order chi connectivity index (χ0) is 15.7. The molecule has 22 heavy (non-hydrogen) atoms. The third-order valence-electron chi connectivity index (χ3n) is 4.31. The SMILES string of the molecule is CN(CC1CCCN1C)c1nc(C(F)F)nc2ccccc12. The predicted molar refractivity (Wildman–Crippen MR) is 83.4 cm³/mol. The van der Waals surface area contributed by atoms with E-state index in [1.807, 2.05) is 24.1 Å². The summed E-state index contributed by atoms with van der Waals surface area (Å²) in [5.74, 6) is 0.182. The van der Waals surface area contributed by atoms with Gasteiger partial charge in [0.1, 0.15) is 5.82 Å². The van der Waals surface area contributed by atoms with Gasteiger partial charge in [-0.3, -0.25) is 0 Å². The molecule has 0 aliphatic carbocycles. The first kappa shape index (κ1) is 15.1. The van der Waals surface area contributed by atoms with Crippen molar-refractivity contribution < 1.29 is 8.78 Å². The molecule has 1 unspecified atom stereocenters. The molecule has 1 aliphatic heterocycles. The number of likely N-dealkylation sites (tertiary alicyclic amines) is 1. The molecule has 1 aromatic carbocycles. The van der Waals surface area contributed by atoms with Gasteiger partial charge in [-0.05, 0) is 38.6 Å². The van der Waals surface area contributed by atoms with Crippen molar-refractivity contribution in [1.29, 1.82) is 0 Å². The fraction of sp³-hybridized carbons (Fsp3) is 0.500. The Kier molecular flexibility index (Phi) is 4.20. The molecule has 1 atom stereocenters. The van der Waals surface area contributed by atoms with Crippen molar-refractivity contribution in [1.82, 2.24) is 14.9 Å². The van der Waals surface area contributed by atoms with Crippen LogP contribution in [-0.2, 0) is 0 Å². The van der Waals surface area contributed by atoms with E-state index in [-0.39, 0.29) is 0 Å². The van der Waals surface area contributed by atoms with Crippen molar-refractivity contribution in [3.8, 4) is 0 Å². The van der Waals surface area contributed by atoms with E-state index >= 15 is 0 Å². The fourth-order valence-electron chi connectivity index (χ4n) is 3.08. The largest absolute Gasteiger partial charge is 0.357 e. The Morgan fingerprint density at radius 1 is 1.32 bits per heavy atom. The smallest absolute Gasteiger partial charge is 0.297 e. The van der Waals surface area contributed by atoms with Gasteiger partial charge in [-0.25, -0.2) is 18.7 Å². The minimum absolute atomic E-state index is 0.402. The van der Waals surface area contributed by atoms with Gasteiger partial charge in [0.2, 0.25) is 0 Å². The monoisotopic (exact) mass is 306 g/mol. The lowest BCUT2D eigenvalue weighted by Crippen LogP contribution is -2.37. The Hall–Kier alpha value is -1.82. The molecule has 0 amide bonds. The van der Waals surface area contributed by atoms with Crippen molar-refractivity contribution in [2.75, 3.05) is 32.1 Å². The summed E-state index contributed by atoms with van der Waals surface area (Å²) in [5, 5.41) is 0.815. The first-order chi connectivity index (χ1) is 10.6. The molecule has 2 aromatic rings. The van der Waals surface area contributed by atoms with Gasteiger partial charge in [0.25, 0.3) is 6.43 Å². The van der Waals surface area contributed by atoms with Crippen LogP contribution in [0.4, 0.5) is 14.6 Å². The zero-order valence-corrected chi connectivity index (χ0v) is 12.8. The van der Waals surface area contributed by atoms with Crippen LogP contribution in [0.2, 0.25) is 0 Å². The Balaban J connectivity index is 1.97. The molecule has 0 spiro atoms. The summed E-state index contributed by atoms with van der Waals surface area (Å²) < 4.78 is 26.1. The lowest BCUT2D eigenvalue weighted by molar-refractivity contribution is 0.141. The maximum absolute atomic E-state index is 13.1. The van der Waals surface area contributed by atoms with Crippen molar-refractivity contribution in [3.05, 3.63) is 30.1 Å². The van der Waals surface area contributed by atoms with Gasteiger partial charge in [-0.15, -0.1) is 0 Å².